The SMILES string of the molecule is CCC(C)n1ccc(CC(O)C(OC)c2ccccc2)n1. The highest BCUT2D eigenvalue weighted by molar-refractivity contribution is 5.19. The molecule has 114 valence electrons. The lowest BCUT2D eigenvalue weighted by Gasteiger charge is -2.21. The van der Waals surface area contributed by atoms with E-state index in [0.29, 0.717) is 12.5 Å². The van der Waals surface area contributed by atoms with Crippen molar-refractivity contribution in [3.8, 4) is 0 Å². The molecule has 0 radical (unpaired) electrons. The largest absolute Gasteiger partial charge is 0.390 e. The van der Waals surface area contributed by atoms with Gasteiger partial charge in [-0.25, -0.2) is 0 Å². The maximum atomic E-state index is 10.4. The van der Waals surface area contributed by atoms with E-state index in [1.807, 2.05) is 47.3 Å². The highest BCUT2D eigenvalue weighted by atomic mass is 16.5. The molecule has 1 aromatic carbocycles. The Balaban J connectivity index is 2.06. The number of nitrogens with zero attached hydrogens (tertiary/aromatic N) is 2. The highest BCUT2D eigenvalue weighted by Crippen LogP contribution is 2.23. The second-order valence-electron chi connectivity index (χ2n) is 5.38. The Bertz CT molecular complexity index is 539. The van der Waals surface area contributed by atoms with E-state index in [9.17, 15) is 5.11 Å². The van der Waals surface area contributed by atoms with E-state index in [0.717, 1.165) is 17.7 Å². The molecule has 0 amide bonds. The zero-order chi connectivity index (χ0) is 15.2. The van der Waals surface area contributed by atoms with Crippen LogP contribution in [0, 0.1) is 0 Å². The van der Waals surface area contributed by atoms with Crippen molar-refractivity contribution >= 4 is 0 Å². The minimum absolute atomic E-state index is 0.333. The Kier molecular flexibility index (Phi) is 5.53. The van der Waals surface area contributed by atoms with Crippen molar-refractivity contribution in [2.24, 2.45) is 0 Å². The Labute approximate surface area is 126 Å². The Morgan fingerprint density at radius 3 is 2.57 bits per heavy atom. The highest BCUT2D eigenvalue weighted by Gasteiger charge is 2.22. The minimum Gasteiger partial charge on any atom is -0.390 e. The predicted molar refractivity (Wildman–Crippen MR) is 83.1 cm³/mol. The molecule has 4 nitrogen and oxygen atoms in total. The number of benzene rings is 1. The monoisotopic (exact) mass is 288 g/mol. The first-order valence-electron chi connectivity index (χ1n) is 7.45. The van der Waals surface area contributed by atoms with Gasteiger partial charge in [-0.05, 0) is 25.0 Å². The smallest absolute Gasteiger partial charge is 0.108 e. The van der Waals surface area contributed by atoms with Crippen molar-refractivity contribution in [3.63, 3.8) is 0 Å². The summed E-state index contributed by atoms with van der Waals surface area (Å²) in [5, 5.41) is 15.0. The first-order valence-corrected chi connectivity index (χ1v) is 7.45. The first kappa shape index (κ1) is 15.7. The van der Waals surface area contributed by atoms with Gasteiger partial charge in [0.25, 0.3) is 0 Å². The van der Waals surface area contributed by atoms with Gasteiger partial charge in [0.05, 0.1) is 11.8 Å². The molecule has 1 N–H and O–H groups in total. The fraction of sp³-hybridized carbons (Fsp3) is 0.471. The van der Waals surface area contributed by atoms with Gasteiger partial charge < -0.3 is 9.84 Å². The van der Waals surface area contributed by atoms with Crippen LogP contribution in [0.5, 0.6) is 0 Å². The lowest BCUT2D eigenvalue weighted by molar-refractivity contribution is -0.0133. The van der Waals surface area contributed by atoms with Gasteiger partial charge in [0.2, 0.25) is 0 Å². The van der Waals surface area contributed by atoms with E-state index in [2.05, 4.69) is 18.9 Å². The van der Waals surface area contributed by atoms with Gasteiger partial charge in [-0.2, -0.15) is 5.10 Å². The lowest BCUT2D eigenvalue weighted by Crippen LogP contribution is -2.23. The molecule has 0 bridgehead atoms. The molecule has 0 saturated heterocycles. The molecule has 0 fully saturated rings. The van der Waals surface area contributed by atoms with E-state index in [4.69, 9.17) is 4.74 Å². The maximum absolute atomic E-state index is 10.4. The molecule has 21 heavy (non-hydrogen) atoms. The van der Waals surface area contributed by atoms with Crippen LogP contribution in [-0.4, -0.2) is 28.1 Å². The van der Waals surface area contributed by atoms with Crippen LogP contribution in [0.4, 0.5) is 0 Å². The summed E-state index contributed by atoms with van der Waals surface area (Å²) in [4.78, 5) is 0. The fourth-order valence-electron chi connectivity index (χ4n) is 2.40. The van der Waals surface area contributed by atoms with Crippen LogP contribution in [0.15, 0.2) is 42.6 Å². The molecular weight excluding hydrogens is 264 g/mol. The first-order chi connectivity index (χ1) is 10.2. The van der Waals surface area contributed by atoms with Crippen molar-refractivity contribution in [1.29, 1.82) is 0 Å². The molecule has 3 atom stereocenters. The number of aliphatic hydroxyl groups is 1. The van der Waals surface area contributed by atoms with Crippen LogP contribution in [-0.2, 0) is 11.2 Å². The third-order valence-corrected chi connectivity index (χ3v) is 3.86. The minimum atomic E-state index is -0.613. The number of ether oxygens (including phenoxy) is 1. The summed E-state index contributed by atoms with van der Waals surface area (Å²) in [7, 11) is 1.62. The third-order valence-electron chi connectivity index (χ3n) is 3.86. The second-order valence-corrected chi connectivity index (χ2v) is 5.38. The molecule has 0 aliphatic heterocycles. The van der Waals surface area contributed by atoms with Crippen LogP contribution in [0.1, 0.15) is 43.7 Å². The summed E-state index contributed by atoms with van der Waals surface area (Å²) < 4.78 is 7.41. The fourth-order valence-corrected chi connectivity index (χ4v) is 2.40. The van der Waals surface area contributed by atoms with Crippen molar-refractivity contribution in [2.45, 2.75) is 44.9 Å². The molecule has 2 aromatic rings. The van der Waals surface area contributed by atoms with Gasteiger partial charge in [-0.1, -0.05) is 37.3 Å². The number of aliphatic hydroxyl groups excluding tert-OH is 1. The Morgan fingerprint density at radius 1 is 1.24 bits per heavy atom. The molecule has 0 spiro atoms. The number of hydrogen-bond donors (Lipinski definition) is 1. The van der Waals surface area contributed by atoms with Crippen LogP contribution >= 0.6 is 0 Å². The van der Waals surface area contributed by atoms with Gasteiger partial charge in [0.15, 0.2) is 0 Å². The molecular formula is C17H24N2O2. The number of hydrogen-bond acceptors (Lipinski definition) is 3. The zero-order valence-electron chi connectivity index (χ0n) is 12.9. The normalized spacial score (nSPS) is 15.6. The maximum Gasteiger partial charge on any atom is 0.108 e. The number of aromatic nitrogens is 2. The molecule has 0 aliphatic rings. The van der Waals surface area contributed by atoms with Gasteiger partial charge in [0, 0.05) is 25.8 Å². The van der Waals surface area contributed by atoms with Crippen LogP contribution < -0.4 is 0 Å². The Morgan fingerprint density at radius 2 is 1.95 bits per heavy atom. The molecule has 4 heteroatoms. The van der Waals surface area contributed by atoms with E-state index in [-0.39, 0.29) is 6.10 Å². The molecule has 2 rings (SSSR count). The molecule has 1 aromatic heterocycles. The van der Waals surface area contributed by atoms with Gasteiger partial charge in [0.1, 0.15) is 6.10 Å². The average molecular weight is 288 g/mol. The standard InChI is InChI=1S/C17H24N2O2/c1-4-13(2)19-11-10-15(18-19)12-16(20)17(21-3)14-8-6-5-7-9-14/h5-11,13,16-17,20H,4,12H2,1-3H3. The zero-order valence-corrected chi connectivity index (χ0v) is 12.9. The second kappa shape index (κ2) is 7.38. The van der Waals surface area contributed by atoms with E-state index >= 15 is 0 Å². The van der Waals surface area contributed by atoms with Crippen LogP contribution in [0.3, 0.4) is 0 Å². The Hall–Kier alpha value is -1.65. The van der Waals surface area contributed by atoms with E-state index in [1.165, 1.54) is 0 Å². The molecule has 0 aliphatic carbocycles. The van der Waals surface area contributed by atoms with E-state index < -0.39 is 6.10 Å². The predicted octanol–water partition coefficient (Wildman–Crippen LogP) is 3.15. The third kappa shape index (κ3) is 3.93. The van der Waals surface area contributed by atoms with Crippen LogP contribution in [0.25, 0.3) is 0 Å². The molecule has 3 unspecified atom stereocenters. The molecule has 0 saturated carbocycles. The average Bonchev–Trinajstić information content (AvgIpc) is 2.96. The number of methoxy groups -OCH3 is 1. The van der Waals surface area contributed by atoms with Crippen molar-refractivity contribution in [2.75, 3.05) is 7.11 Å². The summed E-state index contributed by atoms with van der Waals surface area (Å²) >= 11 is 0. The van der Waals surface area contributed by atoms with E-state index in [1.54, 1.807) is 7.11 Å². The van der Waals surface area contributed by atoms with Gasteiger partial charge in [-0.15, -0.1) is 0 Å². The summed E-state index contributed by atoms with van der Waals surface area (Å²) in [5.74, 6) is 0. The summed E-state index contributed by atoms with van der Waals surface area (Å²) in [6.07, 6.45) is 2.55. The van der Waals surface area contributed by atoms with Gasteiger partial charge in [-0.3, -0.25) is 4.68 Å². The van der Waals surface area contributed by atoms with Crippen molar-refractivity contribution in [3.05, 3.63) is 53.9 Å². The summed E-state index contributed by atoms with van der Waals surface area (Å²) in [5.41, 5.74) is 1.87. The van der Waals surface area contributed by atoms with Crippen molar-refractivity contribution in [1.82, 2.24) is 9.78 Å². The molecule has 1 heterocycles. The van der Waals surface area contributed by atoms with Crippen LogP contribution in [0.2, 0.25) is 0 Å². The van der Waals surface area contributed by atoms with Gasteiger partial charge >= 0.3 is 0 Å². The summed E-state index contributed by atoms with van der Waals surface area (Å²) in [6.45, 7) is 4.27. The number of rotatable bonds is 7. The quantitative estimate of drug-likeness (QED) is 0.851. The lowest BCUT2D eigenvalue weighted by atomic mass is 10.0. The topological polar surface area (TPSA) is 47.3 Å². The summed E-state index contributed by atoms with van der Waals surface area (Å²) in [6, 6.07) is 12.1. The van der Waals surface area contributed by atoms with Crippen molar-refractivity contribution < 1.29 is 9.84 Å².